The van der Waals surface area contributed by atoms with E-state index < -0.39 is 0 Å². The summed E-state index contributed by atoms with van der Waals surface area (Å²) >= 11 is 0. The molecule has 0 N–H and O–H groups in total. The van der Waals surface area contributed by atoms with Gasteiger partial charge in [-0.2, -0.15) is 0 Å². The summed E-state index contributed by atoms with van der Waals surface area (Å²) in [7, 11) is 0. The third-order valence-corrected chi connectivity index (χ3v) is 2.82. The topological polar surface area (TPSA) is 17.1 Å². The highest BCUT2D eigenvalue weighted by atomic mass is 16.1. The van der Waals surface area contributed by atoms with Gasteiger partial charge in [-0.25, -0.2) is 0 Å². The molecule has 1 heteroatoms. The molecule has 0 radical (unpaired) electrons. The first-order valence-electron chi connectivity index (χ1n) is 6.48. The summed E-state index contributed by atoms with van der Waals surface area (Å²) in [6, 6.07) is 14.1. The van der Waals surface area contributed by atoms with Crippen LogP contribution in [0.25, 0.3) is 10.8 Å². The molecule has 2 aromatic carbocycles. The van der Waals surface area contributed by atoms with Crippen molar-refractivity contribution in [3.05, 3.63) is 48.0 Å². The first-order chi connectivity index (χ1) is 8.96. The van der Waals surface area contributed by atoms with Gasteiger partial charge < -0.3 is 0 Å². The highest BCUT2D eigenvalue weighted by Gasteiger charge is 2.14. The summed E-state index contributed by atoms with van der Waals surface area (Å²) in [6.45, 7) is 6.14. The summed E-state index contributed by atoms with van der Waals surface area (Å²) in [5.74, 6) is 5.77. The Labute approximate surface area is 114 Å². The van der Waals surface area contributed by atoms with E-state index in [0.717, 1.165) is 16.3 Å². The van der Waals surface area contributed by atoms with Crippen molar-refractivity contribution in [3.8, 4) is 11.8 Å². The standard InChI is InChI=1S/C18H18O/c1-18(2,3)13-16(19)12-11-15-9-6-8-14-7-4-5-10-17(14)15/h4-10H,13H2,1-3H3. The zero-order chi connectivity index (χ0) is 13.9. The summed E-state index contributed by atoms with van der Waals surface area (Å²) in [6.07, 6.45) is 0.491. The third-order valence-electron chi connectivity index (χ3n) is 2.82. The number of benzene rings is 2. The molecule has 0 aliphatic heterocycles. The van der Waals surface area contributed by atoms with Crippen LogP contribution in [0, 0.1) is 17.3 Å². The molecule has 0 atom stereocenters. The fourth-order valence-electron chi connectivity index (χ4n) is 2.00. The molecule has 0 saturated carbocycles. The lowest BCUT2D eigenvalue weighted by atomic mass is 9.90. The van der Waals surface area contributed by atoms with Crippen molar-refractivity contribution in [2.45, 2.75) is 27.2 Å². The van der Waals surface area contributed by atoms with Crippen molar-refractivity contribution in [1.29, 1.82) is 0 Å². The fraction of sp³-hybridized carbons (Fsp3) is 0.278. The van der Waals surface area contributed by atoms with Gasteiger partial charge in [-0.05, 0) is 28.2 Å². The van der Waals surface area contributed by atoms with Crippen LogP contribution in [0.5, 0.6) is 0 Å². The number of ketones is 1. The Morgan fingerprint density at radius 3 is 2.47 bits per heavy atom. The van der Waals surface area contributed by atoms with Gasteiger partial charge in [-0.1, -0.05) is 63.1 Å². The third kappa shape index (κ3) is 3.69. The van der Waals surface area contributed by atoms with Crippen LogP contribution in [0.1, 0.15) is 32.8 Å². The van der Waals surface area contributed by atoms with E-state index in [1.54, 1.807) is 0 Å². The monoisotopic (exact) mass is 250 g/mol. The van der Waals surface area contributed by atoms with E-state index in [0.29, 0.717) is 6.42 Å². The first-order valence-corrected chi connectivity index (χ1v) is 6.48. The summed E-state index contributed by atoms with van der Waals surface area (Å²) in [4.78, 5) is 11.8. The lowest BCUT2D eigenvalue weighted by Crippen LogP contribution is -2.11. The van der Waals surface area contributed by atoms with Crippen LogP contribution in [-0.2, 0) is 4.79 Å². The van der Waals surface area contributed by atoms with Crippen molar-refractivity contribution < 1.29 is 4.79 Å². The lowest BCUT2D eigenvalue weighted by Gasteiger charge is -2.14. The summed E-state index contributed by atoms with van der Waals surface area (Å²) in [5.41, 5.74) is 0.908. The van der Waals surface area contributed by atoms with Gasteiger partial charge in [0.05, 0.1) is 0 Å². The number of rotatable bonds is 1. The Balaban J connectivity index is 2.30. The van der Waals surface area contributed by atoms with Crippen molar-refractivity contribution in [2.75, 3.05) is 0 Å². The van der Waals surface area contributed by atoms with Crippen LogP contribution in [0.15, 0.2) is 42.5 Å². The molecule has 0 amide bonds. The number of carbonyl (C=O) groups is 1. The van der Waals surface area contributed by atoms with E-state index in [1.165, 1.54) is 0 Å². The molecule has 2 rings (SSSR count). The van der Waals surface area contributed by atoms with Gasteiger partial charge in [0.25, 0.3) is 0 Å². The van der Waals surface area contributed by atoms with Gasteiger partial charge in [-0.3, -0.25) is 4.79 Å². The van der Waals surface area contributed by atoms with Crippen LogP contribution < -0.4 is 0 Å². The maximum atomic E-state index is 11.8. The molecule has 19 heavy (non-hydrogen) atoms. The smallest absolute Gasteiger partial charge is 0.206 e. The maximum Gasteiger partial charge on any atom is 0.206 e. The quantitative estimate of drug-likeness (QED) is 0.693. The average molecular weight is 250 g/mol. The van der Waals surface area contributed by atoms with E-state index in [-0.39, 0.29) is 11.2 Å². The SMILES string of the molecule is CC(C)(C)CC(=O)C#Cc1cccc2ccccc12. The molecule has 0 spiro atoms. The number of Topliss-reactive ketones (excluding diaryl/α,β-unsaturated/α-hetero) is 1. The molecule has 1 nitrogen and oxygen atoms in total. The molecular formula is C18H18O. The summed E-state index contributed by atoms with van der Waals surface area (Å²) in [5, 5.41) is 2.25. The largest absolute Gasteiger partial charge is 0.285 e. The number of fused-ring (bicyclic) bond motifs is 1. The normalized spacial score (nSPS) is 10.9. The zero-order valence-electron chi connectivity index (χ0n) is 11.7. The van der Waals surface area contributed by atoms with Gasteiger partial charge >= 0.3 is 0 Å². The number of carbonyl (C=O) groups excluding carboxylic acids is 1. The van der Waals surface area contributed by atoms with E-state index in [4.69, 9.17) is 0 Å². The Morgan fingerprint density at radius 2 is 1.74 bits per heavy atom. The van der Waals surface area contributed by atoms with E-state index in [9.17, 15) is 4.79 Å². The second-order valence-corrected chi connectivity index (χ2v) is 5.94. The predicted molar refractivity (Wildman–Crippen MR) is 79.9 cm³/mol. The van der Waals surface area contributed by atoms with Gasteiger partial charge in [0.2, 0.25) is 5.78 Å². The number of hydrogen-bond acceptors (Lipinski definition) is 1. The second kappa shape index (κ2) is 5.28. The Kier molecular flexibility index (Phi) is 3.71. The molecule has 2 aromatic rings. The van der Waals surface area contributed by atoms with Crippen molar-refractivity contribution in [3.63, 3.8) is 0 Å². The molecule has 0 aromatic heterocycles. The van der Waals surface area contributed by atoms with Gasteiger partial charge in [-0.15, -0.1) is 0 Å². The van der Waals surface area contributed by atoms with Crippen LogP contribution in [0.3, 0.4) is 0 Å². The molecule has 0 bridgehead atoms. The van der Waals surface area contributed by atoms with Crippen molar-refractivity contribution in [2.24, 2.45) is 5.41 Å². The summed E-state index contributed by atoms with van der Waals surface area (Å²) < 4.78 is 0. The van der Waals surface area contributed by atoms with E-state index >= 15 is 0 Å². The molecular weight excluding hydrogens is 232 g/mol. The van der Waals surface area contributed by atoms with E-state index in [1.807, 2.05) is 51.1 Å². The van der Waals surface area contributed by atoms with Gasteiger partial charge in [0.1, 0.15) is 0 Å². The van der Waals surface area contributed by atoms with Crippen molar-refractivity contribution >= 4 is 16.6 Å². The van der Waals surface area contributed by atoms with Crippen LogP contribution >= 0.6 is 0 Å². The average Bonchev–Trinajstić information content (AvgIpc) is 2.34. The highest BCUT2D eigenvalue weighted by molar-refractivity contribution is 5.97. The second-order valence-electron chi connectivity index (χ2n) is 5.94. The van der Waals surface area contributed by atoms with Crippen LogP contribution in [-0.4, -0.2) is 5.78 Å². The Bertz CT molecular complexity index is 658. The zero-order valence-corrected chi connectivity index (χ0v) is 11.7. The van der Waals surface area contributed by atoms with Crippen LogP contribution in [0.4, 0.5) is 0 Å². The molecule has 96 valence electrons. The molecule has 0 saturated heterocycles. The molecule has 0 aliphatic rings. The predicted octanol–water partition coefficient (Wildman–Crippen LogP) is 4.20. The fourth-order valence-corrected chi connectivity index (χ4v) is 2.00. The van der Waals surface area contributed by atoms with Gasteiger partial charge in [0, 0.05) is 12.0 Å². The Hall–Kier alpha value is -2.07. The van der Waals surface area contributed by atoms with Crippen LogP contribution in [0.2, 0.25) is 0 Å². The molecule has 0 heterocycles. The molecule has 0 unspecified atom stereocenters. The Morgan fingerprint density at radius 1 is 1.05 bits per heavy atom. The molecule has 0 fully saturated rings. The lowest BCUT2D eigenvalue weighted by molar-refractivity contribution is -0.115. The van der Waals surface area contributed by atoms with Crippen molar-refractivity contribution in [1.82, 2.24) is 0 Å². The minimum Gasteiger partial charge on any atom is -0.285 e. The maximum absolute atomic E-state index is 11.8. The molecule has 0 aliphatic carbocycles. The van der Waals surface area contributed by atoms with Gasteiger partial charge in [0.15, 0.2) is 0 Å². The number of hydrogen-bond donors (Lipinski definition) is 0. The first kappa shape index (κ1) is 13.4. The van der Waals surface area contributed by atoms with E-state index in [2.05, 4.69) is 24.0 Å². The minimum atomic E-state index is -0.00941. The highest BCUT2D eigenvalue weighted by Crippen LogP contribution is 2.19. The minimum absolute atomic E-state index is 0.000402.